The number of nitrogens with zero attached hydrogens (tertiary/aromatic N) is 2. The van der Waals surface area contributed by atoms with Gasteiger partial charge in [-0.15, -0.1) is 0 Å². The van der Waals surface area contributed by atoms with Crippen molar-refractivity contribution >= 4 is 15.9 Å². The smallest absolute Gasteiger partial charge is 0.144 e. The summed E-state index contributed by atoms with van der Waals surface area (Å²) in [6, 6.07) is 4.45. The van der Waals surface area contributed by atoms with Crippen molar-refractivity contribution in [3.8, 4) is 0 Å². The Kier molecular flexibility index (Phi) is 4.08. The molecule has 3 nitrogen and oxygen atoms in total. The SMILES string of the molecule is Cn1nccc1CNCc1c(F)ccc(Br)c1F. The zero-order valence-corrected chi connectivity index (χ0v) is 11.3. The monoisotopic (exact) mass is 315 g/mol. The highest BCUT2D eigenvalue weighted by atomic mass is 79.9. The predicted octanol–water partition coefficient (Wildman–Crippen LogP) is 2.75. The Bertz CT molecular complexity index is 554. The van der Waals surface area contributed by atoms with E-state index in [1.165, 1.54) is 12.1 Å². The number of halogens is 3. The van der Waals surface area contributed by atoms with Crippen LogP contribution < -0.4 is 5.32 Å². The Morgan fingerprint density at radius 1 is 1.28 bits per heavy atom. The van der Waals surface area contributed by atoms with E-state index in [-0.39, 0.29) is 16.6 Å². The molecule has 0 saturated carbocycles. The fourth-order valence-electron chi connectivity index (χ4n) is 1.62. The minimum absolute atomic E-state index is 0.0338. The van der Waals surface area contributed by atoms with E-state index in [1.54, 1.807) is 10.9 Å². The molecule has 0 saturated heterocycles. The van der Waals surface area contributed by atoms with Crippen LogP contribution in [0.1, 0.15) is 11.3 Å². The van der Waals surface area contributed by atoms with Gasteiger partial charge in [0, 0.05) is 31.9 Å². The Hall–Kier alpha value is -1.27. The number of aromatic nitrogens is 2. The summed E-state index contributed by atoms with van der Waals surface area (Å²) in [5.41, 5.74) is 0.984. The van der Waals surface area contributed by atoms with E-state index in [0.29, 0.717) is 6.54 Å². The van der Waals surface area contributed by atoms with Crippen LogP contribution in [0.4, 0.5) is 8.78 Å². The molecule has 0 aliphatic heterocycles. The molecule has 0 amide bonds. The summed E-state index contributed by atoms with van der Waals surface area (Å²) in [7, 11) is 1.82. The van der Waals surface area contributed by atoms with Gasteiger partial charge in [-0.1, -0.05) is 0 Å². The van der Waals surface area contributed by atoms with Crippen molar-refractivity contribution in [1.82, 2.24) is 15.1 Å². The van der Waals surface area contributed by atoms with Crippen molar-refractivity contribution in [2.45, 2.75) is 13.1 Å². The fourth-order valence-corrected chi connectivity index (χ4v) is 1.99. The summed E-state index contributed by atoms with van der Waals surface area (Å²) in [5.74, 6) is -1.11. The van der Waals surface area contributed by atoms with Crippen LogP contribution in [-0.4, -0.2) is 9.78 Å². The lowest BCUT2D eigenvalue weighted by molar-refractivity contribution is 0.527. The van der Waals surface area contributed by atoms with Gasteiger partial charge in [0.15, 0.2) is 0 Å². The van der Waals surface area contributed by atoms with Gasteiger partial charge < -0.3 is 5.32 Å². The zero-order chi connectivity index (χ0) is 13.1. The summed E-state index contributed by atoms with van der Waals surface area (Å²) in [6.07, 6.45) is 1.68. The average Bonchev–Trinajstić information content (AvgIpc) is 2.74. The second-order valence-electron chi connectivity index (χ2n) is 3.87. The molecule has 0 spiro atoms. The van der Waals surface area contributed by atoms with Crippen LogP contribution in [0.15, 0.2) is 28.9 Å². The van der Waals surface area contributed by atoms with Gasteiger partial charge in [-0.3, -0.25) is 4.68 Å². The van der Waals surface area contributed by atoms with Gasteiger partial charge in [-0.25, -0.2) is 8.78 Å². The molecule has 1 N–H and O–H groups in total. The highest BCUT2D eigenvalue weighted by molar-refractivity contribution is 9.10. The van der Waals surface area contributed by atoms with E-state index in [4.69, 9.17) is 0 Å². The molecule has 96 valence electrons. The summed E-state index contributed by atoms with van der Waals surface area (Å²) in [5, 5.41) is 7.00. The van der Waals surface area contributed by atoms with Crippen molar-refractivity contribution in [1.29, 1.82) is 0 Å². The molecule has 1 aromatic heterocycles. The first-order valence-corrected chi connectivity index (χ1v) is 6.19. The summed E-state index contributed by atoms with van der Waals surface area (Å²) >= 11 is 3.04. The Morgan fingerprint density at radius 2 is 2.06 bits per heavy atom. The molecule has 2 aromatic rings. The minimum Gasteiger partial charge on any atom is -0.307 e. The van der Waals surface area contributed by atoms with Crippen LogP contribution in [0.3, 0.4) is 0 Å². The molecule has 2 rings (SSSR count). The Balaban J connectivity index is 2.03. The van der Waals surface area contributed by atoms with E-state index >= 15 is 0 Å². The molecule has 1 heterocycles. The number of rotatable bonds is 4. The van der Waals surface area contributed by atoms with E-state index in [2.05, 4.69) is 26.3 Å². The van der Waals surface area contributed by atoms with Crippen molar-refractivity contribution in [3.05, 3.63) is 51.8 Å². The minimum atomic E-state index is -0.562. The second-order valence-corrected chi connectivity index (χ2v) is 4.73. The molecular formula is C12H12BrF2N3. The van der Waals surface area contributed by atoms with E-state index in [9.17, 15) is 8.78 Å². The largest absolute Gasteiger partial charge is 0.307 e. The topological polar surface area (TPSA) is 29.9 Å². The molecule has 0 bridgehead atoms. The van der Waals surface area contributed by atoms with Gasteiger partial charge in [-0.05, 0) is 34.1 Å². The van der Waals surface area contributed by atoms with Crippen molar-refractivity contribution in [3.63, 3.8) is 0 Å². The van der Waals surface area contributed by atoms with Crippen LogP contribution in [0, 0.1) is 11.6 Å². The molecule has 0 fully saturated rings. The Labute approximate surface area is 112 Å². The van der Waals surface area contributed by atoms with E-state index < -0.39 is 11.6 Å². The number of hydrogen-bond donors (Lipinski definition) is 1. The first kappa shape index (κ1) is 13.2. The van der Waals surface area contributed by atoms with Gasteiger partial charge in [0.1, 0.15) is 11.6 Å². The molecule has 6 heteroatoms. The van der Waals surface area contributed by atoms with E-state index in [1.807, 2.05) is 13.1 Å². The molecular weight excluding hydrogens is 304 g/mol. The van der Waals surface area contributed by atoms with Crippen molar-refractivity contribution < 1.29 is 8.78 Å². The first-order valence-electron chi connectivity index (χ1n) is 5.39. The third kappa shape index (κ3) is 2.76. The maximum atomic E-state index is 13.7. The molecule has 0 atom stereocenters. The molecule has 0 aliphatic rings. The molecule has 1 aromatic carbocycles. The molecule has 0 unspecified atom stereocenters. The van der Waals surface area contributed by atoms with Crippen molar-refractivity contribution in [2.75, 3.05) is 0 Å². The standard InChI is InChI=1S/C12H12BrF2N3/c1-18-8(4-5-17-18)6-16-7-9-11(14)3-2-10(13)12(9)15/h2-5,16H,6-7H2,1H3. The maximum absolute atomic E-state index is 13.7. The first-order chi connectivity index (χ1) is 8.59. The zero-order valence-electron chi connectivity index (χ0n) is 9.75. The van der Waals surface area contributed by atoms with Gasteiger partial charge in [0.05, 0.1) is 10.2 Å². The Morgan fingerprint density at radius 3 is 2.72 bits per heavy atom. The molecule has 0 radical (unpaired) electrons. The van der Waals surface area contributed by atoms with Crippen LogP contribution in [0.2, 0.25) is 0 Å². The summed E-state index contributed by atoms with van der Waals surface area (Å²) in [6.45, 7) is 0.629. The van der Waals surface area contributed by atoms with Crippen molar-refractivity contribution in [2.24, 2.45) is 7.05 Å². The molecule has 0 aliphatic carbocycles. The fraction of sp³-hybridized carbons (Fsp3) is 0.250. The second kappa shape index (κ2) is 5.58. The predicted molar refractivity (Wildman–Crippen MR) is 67.8 cm³/mol. The highest BCUT2D eigenvalue weighted by Crippen LogP contribution is 2.21. The van der Waals surface area contributed by atoms with Gasteiger partial charge in [0.2, 0.25) is 0 Å². The number of hydrogen-bond acceptors (Lipinski definition) is 2. The number of nitrogens with one attached hydrogen (secondary N) is 1. The quantitative estimate of drug-likeness (QED) is 0.879. The highest BCUT2D eigenvalue weighted by Gasteiger charge is 2.11. The third-order valence-corrected chi connectivity index (χ3v) is 3.28. The van der Waals surface area contributed by atoms with Gasteiger partial charge in [0.25, 0.3) is 0 Å². The summed E-state index contributed by atoms with van der Waals surface area (Å²) < 4.78 is 29.1. The number of aryl methyl sites for hydroxylation is 1. The lowest BCUT2D eigenvalue weighted by Gasteiger charge is -2.08. The maximum Gasteiger partial charge on any atom is 0.144 e. The van der Waals surface area contributed by atoms with Crippen LogP contribution in [0.25, 0.3) is 0 Å². The normalized spacial score (nSPS) is 10.9. The third-order valence-electron chi connectivity index (χ3n) is 2.67. The summed E-state index contributed by atoms with van der Waals surface area (Å²) in [4.78, 5) is 0. The van der Waals surface area contributed by atoms with Crippen LogP contribution in [-0.2, 0) is 20.1 Å². The van der Waals surface area contributed by atoms with Gasteiger partial charge in [-0.2, -0.15) is 5.10 Å². The average molecular weight is 316 g/mol. The van der Waals surface area contributed by atoms with Crippen LogP contribution >= 0.6 is 15.9 Å². The van der Waals surface area contributed by atoms with E-state index in [0.717, 1.165) is 5.69 Å². The molecule has 18 heavy (non-hydrogen) atoms. The van der Waals surface area contributed by atoms with Crippen LogP contribution in [0.5, 0.6) is 0 Å². The lowest BCUT2D eigenvalue weighted by Crippen LogP contribution is -2.17. The lowest BCUT2D eigenvalue weighted by atomic mass is 10.2. The van der Waals surface area contributed by atoms with Gasteiger partial charge >= 0.3 is 0 Å². The number of benzene rings is 1.